The van der Waals surface area contributed by atoms with E-state index in [2.05, 4.69) is 10.3 Å². The Labute approximate surface area is 119 Å². The Morgan fingerprint density at radius 1 is 1.50 bits per heavy atom. The van der Waals surface area contributed by atoms with E-state index in [0.29, 0.717) is 5.82 Å². The highest BCUT2D eigenvalue weighted by Crippen LogP contribution is 2.32. The number of sulfonamides is 1. The van der Waals surface area contributed by atoms with Crippen molar-refractivity contribution in [1.82, 2.24) is 9.29 Å². The van der Waals surface area contributed by atoms with Crippen LogP contribution in [0.2, 0.25) is 0 Å². The van der Waals surface area contributed by atoms with Gasteiger partial charge in [0.25, 0.3) is 0 Å². The summed E-state index contributed by atoms with van der Waals surface area (Å²) in [6, 6.07) is 5.26. The van der Waals surface area contributed by atoms with Crippen molar-refractivity contribution in [2.75, 3.05) is 18.4 Å². The van der Waals surface area contributed by atoms with E-state index in [9.17, 15) is 8.42 Å². The lowest BCUT2D eigenvalue weighted by Crippen LogP contribution is -2.34. The van der Waals surface area contributed by atoms with Gasteiger partial charge in [-0.05, 0) is 31.9 Å². The molecule has 2 rings (SSSR count). The number of anilines is 1. The lowest BCUT2D eigenvalue weighted by molar-refractivity contribution is 0.410. The zero-order valence-electron chi connectivity index (χ0n) is 11.4. The van der Waals surface area contributed by atoms with Crippen molar-refractivity contribution in [1.29, 1.82) is 5.26 Å². The van der Waals surface area contributed by atoms with Gasteiger partial charge in [-0.1, -0.05) is 0 Å². The lowest BCUT2D eigenvalue weighted by atomic mass is 10.4. The molecular weight excluding hydrogens is 276 g/mol. The Bertz CT molecular complexity index is 588. The molecule has 6 nitrogen and oxygen atoms in total. The molecule has 1 fully saturated rings. The molecule has 1 aromatic heterocycles. The van der Waals surface area contributed by atoms with Crippen molar-refractivity contribution >= 4 is 15.8 Å². The van der Waals surface area contributed by atoms with Gasteiger partial charge >= 0.3 is 0 Å². The molecule has 1 aliphatic rings. The van der Waals surface area contributed by atoms with Crippen LogP contribution in [0.4, 0.5) is 5.82 Å². The number of hydrogen-bond acceptors (Lipinski definition) is 5. The monoisotopic (exact) mass is 294 g/mol. The van der Waals surface area contributed by atoms with E-state index in [1.807, 2.05) is 13.0 Å². The maximum Gasteiger partial charge on any atom is 0.244 e. The van der Waals surface area contributed by atoms with Crippen LogP contribution in [0.15, 0.2) is 23.2 Å². The number of hydrogen-bond donors (Lipinski definition) is 1. The van der Waals surface area contributed by atoms with Crippen LogP contribution in [0.1, 0.15) is 26.2 Å². The zero-order valence-corrected chi connectivity index (χ0v) is 12.2. The van der Waals surface area contributed by atoms with Crippen LogP contribution in [-0.4, -0.2) is 36.8 Å². The molecule has 1 aromatic rings. The highest BCUT2D eigenvalue weighted by Gasteiger charge is 2.37. The standard InChI is InChI=1S/C13H18N4O2S/c1-2-15-13-7-6-12(10-16-13)20(18,19)17(9-3-8-14)11-4-5-11/h6-7,10-11H,2-5,9H2,1H3,(H,15,16). The summed E-state index contributed by atoms with van der Waals surface area (Å²) in [7, 11) is -3.55. The van der Waals surface area contributed by atoms with Crippen molar-refractivity contribution in [3.05, 3.63) is 18.3 Å². The number of nitriles is 1. The summed E-state index contributed by atoms with van der Waals surface area (Å²) >= 11 is 0. The number of nitrogens with one attached hydrogen (secondary N) is 1. The molecule has 1 aliphatic carbocycles. The van der Waals surface area contributed by atoms with Gasteiger partial charge in [0.15, 0.2) is 0 Å². The molecule has 0 aromatic carbocycles. The predicted molar refractivity (Wildman–Crippen MR) is 75.5 cm³/mol. The molecule has 1 N–H and O–H groups in total. The van der Waals surface area contributed by atoms with Gasteiger partial charge in [0.1, 0.15) is 10.7 Å². The summed E-state index contributed by atoms with van der Waals surface area (Å²) in [4.78, 5) is 4.28. The fourth-order valence-electron chi connectivity index (χ4n) is 1.98. The number of rotatable bonds is 7. The number of aromatic nitrogens is 1. The van der Waals surface area contributed by atoms with Crippen molar-refractivity contribution in [2.24, 2.45) is 0 Å². The van der Waals surface area contributed by atoms with E-state index in [1.165, 1.54) is 10.5 Å². The van der Waals surface area contributed by atoms with Gasteiger partial charge in [-0.15, -0.1) is 0 Å². The van der Waals surface area contributed by atoms with Gasteiger partial charge in [0, 0.05) is 31.7 Å². The van der Waals surface area contributed by atoms with Crippen molar-refractivity contribution < 1.29 is 8.42 Å². The minimum Gasteiger partial charge on any atom is -0.370 e. The molecule has 0 amide bonds. The van der Waals surface area contributed by atoms with Crippen LogP contribution >= 0.6 is 0 Å². The van der Waals surface area contributed by atoms with Crippen molar-refractivity contribution in [3.63, 3.8) is 0 Å². The summed E-state index contributed by atoms with van der Waals surface area (Å²) in [5.74, 6) is 0.654. The molecule has 0 radical (unpaired) electrons. The zero-order chi connectivity index (χ0) is 14.6. The van der Waals surface area contributed by atoms with E-state index in [-0.39, 0.29) is 23.9 Å². The molecule has 0 bridgehead atoms. The first-order chi connectivity index (χ1) is 9.59. The van der Waals surface area contributed by atoms with Gasteiger partial charge in [-0.2, -0.15) is 9.57 Å². The Balaban J connectivity index is 2.21. The first-order valence-electron chi connectivity index (χ1n) is 6.68. The van der Waals surface area contributed by atoms with Crippen molar-refractivity contribution in [3.8, 4) is 6.07 Å². The average molecular weight is 294 g/mol. The Morgan fingerprint density at radius 3 is 2.75 bits per heavy atom. The van der Waals surface area contributed by atoms with Crippen molar-refractivity contribution in [2.45, 2.75) is 37.1 Å². The third-order valence-corrected chi connectivity index (χ3v) is 5.03. The third-order valence-electron chi connectivity index (χ3n) is 3.10. The van der Waals surface area contributed by atoms with Crippen LogP contribution < -0.4 is 5.32 Å². The molecule has 0 aliphatic heterocycles. The molecule has 108 valence electrons. The molecular formula is C13H18N4O2S. The predicted octanol–water partition coefficient (Wildman–Crippen LogP) is 1.58. The summed E-state index contributed by atoms with van der Waals surface area (Å²) in [5.41, 5.74) is 0. The summed E-state index contributed by atoms with van der Waals surface area (Å²) < 4.78 is 26.5. The highest BCUT2D eigenvalue weighted by molar-refractivity contribution is 7.89. The molecule has 7 heteroatoms. The van der Waals surface area contributed by atoms with Crippen LogP contribution in [0, 0.1) is 11.3 Å². The van der Waals surface area contributed by atoms with E-state index in [4.69, 9.17) is 5.26 Å². The molecule has 0 atom stereocenters. The largest absolute Gasteiger partial charge is 0.370 e. The van der Waals surface area contributed by atoms with Crippen LogP contribution in [0.5, 0.6) is 0 Å². The third kappa shape index (κ3) is 3.26. The van der Waals surface area contributed by atoms with E-state index in [0.717, 1.165) is 19.4 Å². The number of nitrogens with zero attached hydrogens (tertiary/aromatic N) is 3. The van der Waals surface area contributed by atoms with Crippen LogP contribution in [0.25, 0.3) is 0 Å². The Hall–Kier alpha value is -1.65. The quantitative estimate of drug-likeness (QED) is 0.825. The van der Waals surface area contributed by atoms with Crippen LogP contribution in [0.3, 0.4) is 0 Å². The second-order valence-electron chi connectivity index (χ2n) is 4.66. The second kappa shape index (κ2) is 6.20. The summed E-state index contributed by atoms with van der Waals surface area (Å²) in [6.07, 6.45) is 3.31. The SMILES string of the molecule is CCNc1ccc(S(=O)(=O)N(CCC#N)C2CC2)cn1. The normalized spacial score (nSPS) is 15.1. The molecule has 20 heavy (non-hydrogen) atoms. The fraction of sp³-hybridized carbons (Fsp3) is 0.538. The highest BCUT2D eigenvalue weighted by atomic mass is 32.2. The molecule has 0 spiro atoms. The maximum atomic E-state index is 12.5. The Kier molecular flexibility index (Phi) is 4.57. The molecule has 1 heterocycles. The molecule has 0 saturated heterocycles. The van der Waals surface area contributed by atoms with E-state index in [1.54, 1.807) is 12.1 Å². The smallest absolute Gasteiger partial charge is 0.244 e. The van der Waals surface area contributed by atoms with Gasteiger partial charge in [0.2, 0.25) is 10.0 Å². The number of pyridine rings is 1. The summed E-state index contributed by atoms with van der Waals surface area (Å²) in [6.45, 7) is 2.93. The minimum absolute atomic E-state index is 0.0433. The van der Waals surface area contributed by atoms with Gasteiger partial charge in [-0.25, -0.2) is 13.4 Å². The van der Waals surface area contributed by atoms with Gasteiger partial charge < -0.3 is 5.32 Å². The Morgan fingerprint density at radius 2 is 2.25 bits per heavy atom. The van der Waals surface area contributed by atoms with Gasteiger partial charge in [0.05, 0.1) is 6.07 Å². The van der Waals surface area contributed by atoms with Crippen LogP contribution in [-0.2, 0) is 10.0 Å². The maximum absolute atomic E-state index is 12.5. The summed E-state index contributed by atoms with van der Waals surface area (Å²) in [5, 5.41) is 11.7. The first kappa shape index (κ1) is 14.8. The molecule has 0 unspecified atom stereocenters. The topological polar surface area (TPSA) is 86.1 Å². The second-order valence-corrected chi connectivity index (χ2v) is 6.56. The first-order valence-corrected chi connectivity index (χ1v) is 8.12. The van der Waals surface area contributed by atoms with Gasteiger partial charge in [-0.3, -0.25) is 0 Å². The fourth-order valence-corrected chi connectivity index (χ4v) is 3.61. The minimum atomic E-state index is -3.55. The van der Waals surface area contributed by atoms with E-state index < -0.39 is 10.0 Å². The van der Waals surface area contributed by atoms with E-state index >= 15 is 0 Å². The lowest BCUT2D eigenvalue weighted by Gasteiger charge is -2.20. The molecule has 1 saturated carbocycles. The average Bonchev–Trinajstić information content (AvgIpc) is 3.24.